The molecule has 0 amide bonds. The third-order valence-corrected chi connectivity index (χ3v) is 2.20. The van der Waals surface area contributed by atoms with Gasteiger partial charge in [0, 0.05) is 39.3 Å². The van der Waals surface area contributed by atoms with E-state index in [2.05, 4.69) is 9.80 Å². The first-order chi connectivity index (χ1) is 4.95. The summed E-state index contributed by atoms with van der Waals surface area (Å²) in [4.78, 5) is 5.08. The summed E-state index contributed by atoms with van der Waals surface area (Å²) in [5, 5.41) is 12.0. The van der Waals surface area contributed by atoms with Crippen LogP contribution in [0.25, 0.3) is 0 Å². The van der Waals surface area contributed by atoms with Crippen molar-refractivity contribution in [2.45, 2.75) is 0 Å². The first-order valence-corrected chi connectivity index (χ1v) is 3.60. The smallest absolute Gasteiger partial charge is 0.0110 e. The van der Waals surface area contributed by atoms with Gasteiger partial charge in [0.05, 0.1) is 0 Å². The average Bonchev–Trinajstić information content (AvgIpc) is 2.11. The topological polar surface area (TPSA) is 46.9 Å². The van der Waals surface area contributed by atoms with Gasteiger partial charge >= 0.3 is 0 Å². The van der Waals surface area contributed by atoms with Gasteiger partial charge in [0.25, 0.3) is 0 Å². The van der Waals surface area contributed by atoms with Gasteiger partial charge in [-0.25, -0.2) is 0 Å². The van der Waals surface area contributed by atoms with Gasteiger partial charge in [0.15, 0.2) is 0 Å². The molecule has 0 unspecified atom stereocenters. The molecular weight excluding hydrogens is 132 g/mol. The molecule has 10 heavy (non-hydrogen) atoms. The Bertz CT molecular complexity index is 68.7. The highest BCUT2D eigenvalue weighted by molar-refractivity contribution is 4.78. The molecule has 0 aromatic carbocycles. The average molecular weight is 146 g/mol. The van der Waals surface area contributed by atoms with E-state index in [4.69, 9.17) is 10.5 Å². The molecule has 3 rings (SSSR count). The van der Waals surface area contributed by atoms with Crippen molar-refractivity contribution in [1.29, 1.82) is 0 Å². The summed E-state index contributed by atoms with van der Waals surface area (Å²) >= 11 is 0. The summed E-state index contributed by atoms with van der Waals surface area (Å²) < 4.78 is 0. The van der Waals surface area contributed by atoms with E-state index in [0.717, 1.165) is 0 Å². The van der Waals surface area contributed by atoms with Gasteiger partial charge in [0.1, 0.15) is 0 Å². The lowest BCUT2D eigenvalue weighted by Crippen LogP contribution is -2.55. The fraction of sp³-hybridized carbons (Fsp3) is 1.00. The van der Waals surface area contributed by atoms with Gasteiger partial charge in [-0.05, 0) is 0 Å². The highest BCUT2D eigenvalue weighted by Crippen LogP contribution is 2.06. The largest absolute Gasteiger partial charge is 0.300 e. The van der Waals surface area contributed by atoms with Crippen LogP contribution in [-0.2, 0) is 0 Å². The summed E-state index contributed by atoms with van der Waals surface area (Å²) in [5.41, 5.74) is 0. The fourth-order valence-electron chi connectivity index (χ4n) is 1.52. The molecule has 3 heterocycles. The first kappa shape index (κ1) is 7.94. The third kappa shape index (κ3) is 1.67. The molecule has 3 aliphatic rings. The van der Waals surface area contributed by atoms with Crippen LogP contribution in [0.15, 0.2) is 0 Å². The van der Waals surface area contributed by atoms with Gasteiger partial charge in [-0.1, -0.05) is 0 Å². The molecule has 0 saturated carbocycles. The Kier molecular flexibility index (Phi) is 3.08. The van der Waals surface area contributed by atoms with Gasteiger partial charge in [0.2, 0.25) is 0 Å². The van der Waals surface area contributed by atoms with E-state index in [1.807, 2.05) is 0 Å². The monoisotopic (exact) mass is 146 g/mol. The summed E-state index contributed by atoms with van der Waals surface area (Å²) in [7, 11) is 0. The molecule has 0 radical (unpaired) electrons. The van der Waals surface area contributed by atoms with Crippen molar-refractivity contribution < 1.29 is 10.5 Å². The van der Waals surface area contributed by atoms with Gasteiger partial charge in [-0.3, -0.25) is 20.3 Å². The Morgan fingerprint density at radius 3 is 0.900 bits per heavy atom. The quantitative estimate of drug-likeness (QED) is 0.362. The summed E-state index contributed by atoms with van der Waals surface area (Å²) in [6.07, 6.45) is 0. The number of fused-ring (bicyclic) bond motifs is 3. The second-order valence-electron chi connectivity index (χ2n) is 2.68. The van der Waals surface area contributed by atoms with Crippen LogP contribution in [0.5, 0.6) is 0 Å². The van der Waals surface area contributed by atoms with E-state index >= 15 is 0 Å². The molecule has 3 fully saturated rings. The van der Waals surface area contributed by atoms with Crippen molar-refractivity contribution in [3.63, 3.8) is 0 Å². The zero-order chi connectivity index (χ0) is 7.40. The molecule has 3 saturated heterocycles. The lowest BCUT2D eigenvalue weighted by molar-refractivity contribution is -0.176. The number of nitrogens with zero attached hydrogens (tertiary/aromatic N) is 2. The molecule has 0 aromatic rings. The minimum atomic E-state index is 1.32. The van der Waals surface area contributed by atoms with Crippen molar-refractivity contribution >= 4 is 0 Å². The molecule has 0 aromatic heterocycles. The summed E-state index contributed by atoms with van der Waals surface area (Å²) in [5.74, 6) is 0. The van der Waals surface area contributed by atoms with E-state index in [-0.39, 0.29) is 0 Å². The zero-order valence-corrected chi connectivity index (χ0v) is 6.03. The first-order valence-electron chi connectivity index (χ1n) is 3.60. The van der Waals surface area contributed by atoms with Gasteiger partial charge in [-0.2, -0.15) is 0 Å². The van der Waals surface area contributed by atoms with Gasteiger partial charge < -0.3 is 0 Å². The minimum absolute atomic E-state index is 1.32. The highest BCUT2D eigenvalue weighted by Gasteiger charge is 2.21. The number of hydrogen-bond donors (Lipinski definition) is 2. The third-order valence-electron chi connectivity index (χ3n) is 2.20. The van der Waals surface area contributed by atoms with Gasteiger partial charge in [-0.15, -0.1) is 0 Å². The molecule has 2 N–H and O–H groups in total. The van der Waals surface area contributed by atoms with Crippen molar-refractivity contribution in [3.8, 4) is 0 Å². The van der Waals surface area contributed by atoms with Crippen LogP contribution in [0.4, 0.5) is 0 Å². The lowest BCUT2D eigenvalue weighted by Gasteiger charge is -2.41. The molecule has 2 bridgehead atoms. The molecule has 0 spiro atoms. The van der Waals surface area contributed by atoms with Crippen LogP contribution >= 0.6 is 0 Å². The van der Waals surface area contributed by atoms with Crippen LogP contribution in [0.1, 0.15) is 0 Å². The molecule has 3 aliphatic heterocycles. The van der Waals surface area contributed by atoms with E-state index in [0.29, 0.717) is 0 Å². The minimum Gasteiger partial charge on any atom is -0.300 e. The number of piperazine rings is 3. The van der Waals surface area contributed by atoms with E-state index < -0.39 is 0 Å². The Morgan fingerprint density at radius 2 is 0.800 bits per heavy atom. The van der Waals surface area contributed by atoms with E-state index in [1.165, 1.54) is 39.3 Å². The number of hydrogen-bond acceptors (Lipinski definition) is 4. The van der Waals surface area contributed by atoms with Crippen molar-refractivity contribution in [2.75, 3.05) is 39.3 Å². The Hall–Kier alpha value is -0.160. The fourth-order valence-corrected chi connectivity index (χ4v) is 1.52. The normalized spacial score (nSPS) is 36.6. The summed E-state index contributed by atoms with van der Waals surface area (Å²) in [6, 6.07) is 0. The second-order valence-corrected chi connectivity index (χ2v) is 2.68. The Morgan fingerprint density at radius 1 is 0.600 bits per heavy atom. The predicted molar refractivity (Wildman–Crippen MR) is 38.1 cm³/mol. The second kappa shape index (κ2) is 3.88. The maximum absolute atomic E-state index is 6.00. The Labute approximate surface area is 60.6 Å². The maximum Gasteiger partial charge on any atom is 0.0110 e. The van der Waals surface area contributed by atoms with Crippen LogP contribution < -0.4 is 0 Å². The maximum atomic E-state index is 6.00. The number of rotatable bonds is 0. The van der Waals surface area contributed by atoms with Crippen molar-refractivity contribution in [1.82, 2.24) is 9.80 Å². The van der Waals surface area contributed by atoms with Crippen LogP contribution in [0, 0.1) is 0 Å². The molecule has 0 aliphatic carbocycles. The van der Waals surface area contributed by atoms with Crippen molar-refractivity contribution in [3.05, 3.63) is 0 Å². The van der Waals surface area contributed by atoms with Crippen LogP contribution in [-0.4, -0.2) is 59.6 Å². The summed E-state index contributed by atoms with van der Waals surface area (Å²) in [6.45, 7) is 7.92. The van der Waals surface area contributed by atoms with Crippen LogP contribution in [0.3, 0.4) is 0 Å². The Balaban J connectivity index is 0.000000231. The van der Waals surface area contributed by atoms with Crippen LogP contribution in [0.2, 0.25) is 0 Å². The van der Waals surface area contributed by atoms with Crippen molar-refractivity contribution in [2.24, 2.45) is 0 Å². The van der Waals surface area contributed by atoms with E-state index in [1.54, 1.807) is 0 Å². The predicted octanol–water partition coefficient (Wildman–Crippen LogP) is -0.365. The molecule has 60 valence electrons. The lowest BCUT2D eigenvalue weighted by atomic mass is 10.2. The SMILES string of the molecule is C1CN2CCN1CC2.OO. The highest BCUT2D eigenvalue weighted by atomic mass is 17.0. The standard InChI is InChI=1S/C6H12N2.H2O2/c1-2-8-5-3-7(1)4-6-8;1-2/h1-6H2;1-2H. The molecule has 4 heteroatoms. The molecular formula is C6H14N2O2. The molecule has 4 nitrogen and oxygen atoms in total. The van der Waals surface area contributed by atoms with E-state index in [9.17, 15) is 0 Å². The zero-order valence-electron chi connectivity index (χ0n) is 6.03. The molecule has 0 atom stereocenters.